The largest absolute Gasteiger partial charge is 0.464 e. The molecule has 5 nitrogen and oxygen atoms in total. The van der Waals surface area contributed by atoms with Crippen LogP contribution in [0.15, 0.2) is 83.8 Å². The SMILES string of the molecule is C=CCN(CC(=O)N(Cc1ccc(F)cc1)Cc1ccc(C)o1)C(=O)c1ccccc1. The number of hydrogen-bond donors (Lipinski definition) is 0. The topological polar surface area (TPSA) is 53.8 Å². The minimum absolute atomic E-state index is 0.110. The van der Waals surface area contributed by atoms with Crippen LogP contribution in [0.3, 0.4) is 0 Å². The molecule has 0 atom stereocenters. The fraction of sp³-hybridized carbons (Fsp3) is 0.200. The van der Waals surface area contributed by atoms with Crippen molar-refractivity contribution in [3.05, 3.63) is 108 Å². The van der Waals surface area contributed by atoms with Crippen LogP contribution in [-0.2, 0) is 17.9 Å². The minimum atomic E-state index is -0.339. The van der Waals surface area contributed by atoms with Crippen molar-refractivity contribution in [2.45, 2.75) is 20.0 Å². The van der Waals surface area contributed by atoms with Gasteiger partial charge in [0.25, 0.3) is 5.91 Å². The third kappa shape index (κ3) is 6.15. The van der Waals surface area contributed by atoms with Gasteiger partial charge in [0.05, 0.1) is 6.54 Å². The lowest BCUT2D eigenvalue weighted by atomic mass is 10.2. The summed E-state index contributed by atoms with van der Waals surface area (Å²) in [6.07, 6.45) is 1.59. The highest BCUT2D eigenvalue weighted by Crippen LogP contribution is 2.15. The first kappa shape index (κ1) is 22.0. The van der Waals surface area contributed by atoms with Crippen LogP contribution >= 0.6 is 0 Å². The predicted molar refractivity (Wildman–Crippen MR) is 117 cm³/mol. The van der Waals surface area contributed by atoms with Crippen LogP contribution < -0.4 is 0 Å². The average Bonchev–Trinajstić information content (AvgIpc) is 3.19. The third-order valence-electron chi connectivity index (χ3n) is 4.77. The Labute approximate surface area is 181 Å². The fourth-order valence-electron chi connectivity index (χ4n) is 3.20. The van der Waals surface area contributed by atoms with Gasteiger partial charge in [0.2, 0.25) is 5.91 Å². The van der Waals surface area contributed by atoms with Crippen LogP contribution in [0, 0.1) is 12.7 Å². The summed E-state index contributed by atoms with van der Waals surface area (Å²) in [6.45, 7) is 6.17. The summed E-state index contributed by atoms with van der Waals surface area (Å²) in [4.78, 5) is 29.2. The van der Waals surface area contributed by atoms with Crippen LogP contribution in [0.25, 0.3) is 0 Å². The van der Waals surface area contributed by atoms with Crippen molar-refractivity contribution < 1.29 is 18.4 Å². The lowest BCUT2D eigenvalue weighted by Crippen LogP contribution is -2.42. The summed E-state index contributed by atoms with van der Waals surface area (Å²) in [5.41, 5.74) is 1.28. The molecule has 0 fully saturated rings. The van der Waals surface area contributed by atoms with E-state index < -0.39 is 0 Å². The number of hydrogen-bond acceptors (Lipinski definition) is 3. The normalized spacial score (nSPS) is 10.5. The molecule has 0 aliphatic heterocycles. The van der Waals surface area contributed by atoms with E-state index in [1.165, 1.54) is 17.0 Å². The zero-order valence-electron chi connectivity index (χ0n) is 17.5. The van der Waals surface area contributed by atoms with Gasteiger partial charge < -0.3 is 14.2 Å². The summed E-state index contributed by atoms with van der Waals surface area (Å²) < 4.78 is 18.9. The number of aryl methyl sites for hydroxylation is 1. The number of benzene rings is 2. The molecule has 3 rings (SSSR count). The zero-order chi connectivity index (χ0) is 22.2. The number of halogens is 1. The molecule has 2 aromatic carbocycles. The number of rotatable bonds is 9. The monoisotopic (exact) mass is 420 g/mol. The maximum Gasteiger partial charge on any atom is 0.254 e. The number of carbonyl (C=O) groups excluding carboxylic acids is 2. The van der Waals surface area contributed by atoms with Crippen molar-refractivity contribution in [1.82, 2.24) is 9.80 Å². The summed E-state index contributed by atoms with van der Waals surface area (Å²) in [5, 5.41) is 0. The molecule has 2 amide bonds. The van der Waals surface area contributed by atoms with Crippen molar-refractivity contribution in [2.24, 2.45) is 0 Å². The van der Waals surface area contributed by atoms with Crippen molar-refractivity contribution in [1.29, 1.82) is 0 Å². The van der Waals surface area contributed by atoms with Gasteiger partial charge in [-0.2, -0.15) is 0 Å². The molecule has 31 heavy (non-hydrogen) atoms. The standard InChI is InChI=1S/C25H25FN2O3/c1-3-15-27(25(30)21-7-5-4-6-8-21)18-24(29)28(17-23-14-9-19(2)31-23)16-20-10-12-22(26)13-11-20/h3-14H,1,15-18H2,2H3. The maximum absolute atomic E-state index is 13.3. The molecule has 160 valence electrons. The molecule has 6 heteroatoms. The summed E-state index contributed by atoms with van der Waals surface area (Å²) in [5.74, 6) is 0.553. The zero-order valence-corrected chi connectivity index (χ0v) is 17.5. The highest BCUT2D eigenvalue weighted by molar-refractivity contribution is 5.96. The van der Waals surface area contributed by atoms with E-state index in [0.717, 1.165) is 11.3 Å². The first-order chi connectivity index (χ1) is 15.0. The number of nitrogens with zero attached hydrogens (tertiary/aromatic N) is 2. The van der Waals surface area contributed by atoms with Gasteiger partial charge in [-0.15, -0.1) is 6.58 Å². The average molecular weight is 420 g/mol. The Morgan fingerprint density at radius 3 is 2.29 bits per heavy atom. The van der Waals surface area contributed by atoms with E-state index in [1.54, 1.807) is 47.4 Å². The van der Waals surface area contributed by atoms with Gasteiger partial charge in [-0.3, -0.25) is 9.59 Å². The van der Waals surface area contributed by atoms with Gasteiger partial charge in [0, 0.05) is 18.7 Å². The number of amides is 2. The molecule has 1 aromatic heterocycles. The third-order valence-corrected chi connectivity index (χ3v) is 4.77. The quantitative estimate of drug-likeness (QED) is 0.476. The van der Waals surface area contributed by atoms with Crippen LogP contribution in [-0.4, -0.2) is 34.7 Å². The second-order valence-electron chi connectivity index (χ2n) is 7.23. The van der Waals surface area contributed by atoms with E-state index in [1.807, 2.05) is 25.1 Å². The van der Waals surface area contributed by atoms with Crippen molar-refractivity contribution >= 4 is 11.8 Å². The van der Waals surface area contributed by atoms with Crippen LogP contribution in [0.5, 0.6) is 0 Å². The van der Waals surface area contributed by atoms with E-state index in [-0.39, 0.29) is 43.8 Å². The first-order valence-electron chi connectivity index (χ1n) is 9.99. The Morgan fingerprint density at radius 1 is 0.968 bits per heavy atom. The second-order valence-corrected chi connectivity index (χ2v) is 7.23. The minimum Gasteiger partial charge on any atom is -0.464 e. The number of furan rings is 1. The smallest absolute Gasteiger partial charge is 0.254 e. The van der Waals surface area contributed by atoms with Crippen molar-refractivity contribution in [3.8, 4) is 0 Å². The van der Waals surface area contributed by atoms with E-state index in [0.29, 0.717) is 11.3 Å². The Hall–Kier alpha value is -3.67. The molecule has 0 unspecified atom stereocenters. The van der Waals surface area contributed by atoms with Crippen LogP contribution in [0.1, 0.15) is 27.4 Å². The van der Waals surface area contributed by atoms with E-state index >= 15 is 0 Å². The second kappa shape index (κ2) is 10.4. The summed E-state index contributed by atoms with van der Waals surface area (Å²) in [7, 11) is 0. The highest BCUT2D eigenvalue weighted by Gasteiger charge is 2.23. The lowest BCUT2D eigenvalue weighted by Gasteiger charge is -2.27. The Bertz CT molecular complexity index is 1030. The number of carbonyl (C=O) groups is 2. The van der Waals surface area contributed by atoms with E-state index in [4.69, 9.17) is 4.42 Å². The van der Waals surface area contributed by atoms with Crippen LogP contribution in [0.2, 0.25) is 0 Å². The maximum atomic E-state index is 13.3. The molecule has 0 aliphatic rings. The summed E-state index contributed by atoms with van der Waals surface area (Å²) in [6, 6.07) is 18.5. The van der Waals surface area contributed by atoms with Gasteiger partial charge in [-0.1, -0.05) is 36.4 Å². The van der Waals surface area contributed by atoms with E-state index in [2.05, 4.69) is 6.58 Å². The Morgan fingerprint density at radius 2 is 1.68 bits per heavy atom. The molecular formula is C25H25FN2O3. The Kier molecular flexibility index (Phi) is 7.38. The predicted octanol–water partition coefficient (Wildman–Crippen LogP) is 4.58. The van der Waals surface area contributed by atoms with Crippen molar-refractivity contribution in [3.63, 3.8) is 0 Å². The summed E-state index contributed by atoms with van der Waals surface area (Å²) >= 11 is 0. The van der Waals surface area contributed by atoms with Gasteiger partial charge in [-0.25, -0.2) is 4.39 Å². The van der Waals surface area contributed by atoms with Gasteiger partial charge in [0.1, 0.15) is 23.9 Å². The molecule has 0 saturated carbocycles. The molecule has 0 bridgehead atoms. The molecule has 0 spiro atoms. The van der Waals surface area contributed by atoms with Crippen LogP contribution in [0.4, 0.5) is 4.39 Å². The fourth-order valence-corrected chi connectivity index (χ4v) is 3.20. The highest BCUT2D eigenvalue weighted by atomic mass is 19.1. The molecule has 3 aromatic rings. The Balaban J connectivity index is 1.80. The van der Waals surface area contributed by atoms with E-state index in [9.17, 15) is 14.0 Å². The molecule has 0 aliphatic carbocycles. The molecule has 1 heterocycles. The van der Waals surface area contributed by atoms with Crippen molar-refractivity contribution in [2.75, 3.05) is 13.1 Å². The first-order valence-corrected chi connectivity index (χ1v) is 9.99. The van der Waals surface area contributed by atoms with Gasteiger partial charge in [-0.05, 0) is 48.9 Å². The molecule has 0 N–H and O–H groups in total. The van der Waals surface area contributed by atoms with Gasteiger partial charge >= 0.3 is 0 Å². The molecule has 0 radical (unpaired) electrons. The molecule has 0 saturated heterocycles. The lowest BCUT2D eigenvalue weighted by molar-refractivity contribution is -0.133. The van der Waals surface area contributed by atoms with Gasteiger partial charge in [0.15, 0.2) is 0 Å². The molecular weight excluding hydrogens is 395 g/mol.